The predicted molar refractivity (Wildman–Crippen MR) is 83.0 cm³/mol. The van der Waals surface area contributed by atoms with E-state index in [1.54, 1.807) is 6.07 Å². The summed E-state index contributed by atoms with van der Waals surface area (Å²) in [7, 11) is 0. The van der Waals surface area contributed by atoms with Gasteiger partial charge in [0.1, 0.15) is 5.82 Å². The van der Waals surface area contributed by atoms with Crippen molar-refractivity contribution in [3.05, 3.63) is 65.5 Å². The van der Waals surface area contributed by atoms with Crippen LogP contribution in [0.2, 0.25) is 0 Å². The summed E-state index contributed by atoms with van der Waals surface area (Å²) in [5, 5.41) is 3.18. The Balaban J connectivity index is 1.50. The van der Waals surface area contributed by atoms with Crippen LogP contribution >= 0.6 is 0 Å². The molecular weight excluding hydrogens is 265 g/mol. The molecule has 21 heavy (non-hydrogen) atoms. The van der Waals surface area contributed by atoms with E-state index in [1.807, 2.05) is 6.07 Å². The van der Waals surface area contributed by atoms with E-state index in [9.17, 15) is 4.39 Å². The van der Waals surface area contributed by atoms with Crippen LogP contribution in [0.15, 0.2) is 48.5 Å². The number of rotatable bonds is 5. The summed E-state index contributed by atoms with van der Waals surface area (Å²) in [4.78, 5) is 0. The van der Waals surface area contributed by atoms with E-state index < -0.39 is 0 Å². The second-order valence-electron chi connectivity index (χ2n) is 5.39. The van der Waals surface area contributed by atoms with Gasteiger partial charge in [-0.2, -0.15) is 0 Å². The summed E-state index contributed by atoms with van der Waals surface area (Å²) >= 11 is 0. The lowest BCUT2D eigenvalue weighted by Crippen LogP contribution is -2.17. The molecule has 2 aromatic carbocycles. The van der Waals surface area contributed by atoms with Crippen LogP contribution in [0.3, 0.4) is 0 Å². The zero-order valence-corrected chi connectivity index (χ0v) is 12.0. The Morgan fingerprint density at radius 1 is 1.14 bits per heavy atom. The van der Waals surface area contributed by atoms with Crippen molar-refractivity contribution < 1.29 is 9.13 Å². The lowest BCUT2D eigenvalue weighted by atomic mass is 9.89. The molecule has 0 radical (unpaired) electrons. The van der Waals surface area contributed by atoms with Crippen molar-refractivity contribution in [2.24, 2.45) is 0 Å². The lowest BCUT2D eigenvalue weighted by Gasteiger charge is -2.25. The zero-order valence-electron chi connectivity index (χ0n) is 12.0. The number of halogens is 1. The molecule has 1 aliphatic carbocycles. The molecule has 0 aliphatic heterocycles. The van der Waals surface area contributed by atoms with Crippen LogP contribution in [0.4, 0.5) is 10.1 Å². The molecule has 1 N–H and O–H groups in total. The molecule has 0 saturated heterocycles. The number of anilines is 1. The summed E-state index contributed by atoms with van der Waals surface area (Å²) in [5.74, 6) is -0.220. The highest BCUT2D eigenvalue weighted by atomic mass is 19.1. The molecule has 0 fully saturated rings. The molecule has 3 rings (SSSR count). The van der Waals surface area contributed by atoms with Crippen molar-refractivity contribution in [3.63, 3.8) is 0 Å². The number of ether oxygens (including phenoxy) is 1. The Morgan fingerprint density at radius 2 is 2.05 bits per heavy atom. The Morgan fingerprint density at radius 3 is 2.95 bits per heavy atom. The zero-order chi connectivity index (χ0) is 14.5. The van der Waals surface area contributed by atoms with Gasteiger partial charge < -0.3 is 10.1 Å². The van der Waals surface area contributed by atoms with Gasteiger partial charge in [0.25, 0.3) is 0 Å². The van der Waals surface area contributed by atoms with Gasteiger partial charge >= 0.3 is 0 Å². The molecule has 2 nitrogen and oxygen atoms in total. The first-order chi connectivity index (χ1) is 10.3. The second kappa shape index (κ2) is 6.72. The van der Waals surface area contributed by atoms with Crippen molar-refractivity contribution in [1.82, 2.24) is 0 Å². The molecule has 1 atom stereocenters. The molecule has 0 amide bonds. The summed E-state index contributed by atoms with van der Waals surface area (Å²) < 4.78 is 19.1. The van der Waals surface area contributed by atoms with Crippen LogP contribution in [-0.4, -0.2) is 13.2 Å². The van der Waals surface area contributed by atoms with Crippen LogP contribution in [0.25, 0.3) is 0 Å². The van der Waals surface area contributed by atoms with Crippen molar-refractivity contribution in [2.75, 3.05) is 18.5 Å². The Labute approximate surface area is 125 Å². The van der Waals surface area contributed by atoms with Crippen molar-refractivity contribution in [1.29, 1.82) is 0 Å². The number of fused-ring (bicyclic) bond motifs is 1. The van der Waals surface area contributed by atoms with Gasteiger partial charge in [-0.25, -0.2) is 4.39 Å². The fraction of sp³-hybridized carbons (Fsp3) is 0.333. The smallest absolute Gasteiger partial charge is 0.125 e. The standard InChI is InChI=1S/C18H20FNO/c19-15-7-4-8-16(13-15)20-11-12-21-18-10-3-6-14-5-1-2-9-17(14)18/h1-2,4-5,7-9,13,18,20H,3,6,10-12H2. The highest BCUT2D eigenvalue weighted by Gasteiger charge is 2.19. The van der Waals surface area contributed by atoms with Gasteiger partial charge in [0.05, 0.1) is 12.7 Å². The molecule has 0 spiro atoms. The van der Waals surface area contributed by atoms with E-state index in [4.69, 9.17) is 4.74 Å². The number of hydrogen-bond acceptors (Lipinski definition) is 2. The van der Waals surface area contributed by atoms with E-state index in [0.717, 1.165) is 18.5 Å². The van der Waals surface area contributed by atoms with E-state index >= 15 is 0 Å². The maximum atomic E-state index is 13.1. The van der Waals surface area contributed by atoms with Gasteiger partial charge in [-0.3, -0.25) is 0 Å². The van der Waals surface area contributed by atoms with E-state index in [0.29, 0.717) is 13.2 Å². The quantitative estimate of drug-likeness (QED) is 0.825. The average molecular weight is 285 g/mol. The monoisotopic (exact) mass is 285 g/mol. The minimum atomic E-state index is -0.220. The number of hydrogen-bond donors (Lipinski definition) is 1. The molecule has 3 heteroatoms. The van der Waals surface area contributed by atoms with E-state index in [1.165, 1.54) is 29.7 Å². The van der Waals surface area contributed by atoms with Crippen LogP contribution in [0.5, 0.6) is 0 Å². The van der Waals surface area contributed by atoms with Crippen molar-refractivity contribution in [3.8, 4) is 0 Å². The van der Waals surface area contributed by atoms with Gasteiger partial charge in [0, 0.05) is 12.2 Å². The average Bonchev–Trinajstić information content (AvgIpc) is 2.52. The number of benzene rings is 2. The van der Waals surface area contributed by atoms with Crippen LogP contribution in [0.1, 0.15) is 30.1 Å². The third kappa shape index (κ3) is 3.61. The van der Waals surface area contributed by atoms with Gasteiger partial charge in [-0.15, -0.1) is 0 Å². The fourth-order valence-corrected chi connectivity index (χ4v) is 2.88. The Bertz CT molecular complexity index is 599. The maximum Gasteiger partial charge on any atom is 0.125 e. The third-order valence-corrected chi connectivity index (χ3v) is 3.89. The molecule has 2 aromatic rings. The second-order valence-corrected chi connectivity index (χ2v) is 5.39. The third-order valence-electron chi connectivity index (χ3n) is 3.89. The van der Waals surface area contributed by atoms with Gasteiger partial charge in [0.2, 0.25) is 0 Å². The Hall–Kier alpha value is -1.87. The largest absolute Gasteiger partial charge is 0.383 e. The molecule has 110 valence electrons. The predicted octanol–water partition coefficient (Wildman–Crippen LogP) is 4.33. The minimum absolute atomic E-state index is 0.198. The van der Waals surface area contributed by atoms with Crippen molar-refractivity contribution in [2.45, 2.75) is 25.4 Å². The normalized spacial score (nSPS) is 17.3. The Kier molecular flexibility index (Phi) is 4.51. The maximum absolute atomic E-state index is 13.1. The number of nitrogens with one attached hydrogen (secondary N) is 1. The SMILES string of the molecule is Fc1cccc(NCCOC2CCCc3ccccc32)c1. The van der Waals surface area contributed by atoms with E-state index in [-0.39, 0.29) is 11.9 Å². The van der Waals surface area contributed by atoms with Crippen LogP contribution in [-0.2, 0) is 11.2 Å². The number of aryl methyl sites for hydroxylation is 1. The molecule has 0 aromatic heterocycles. The molecule has 1 aliphatic rings. The van der Waals surface area contributed by atoms with Crippen LogP contribution in [0, 0.1) is 5.82 Å². The molecule has 0 bridgehead atoms. The fourth-order valence-electron chi connectivity index (χ4n) is 2.88. The first-order valence-corrected chi connectivity index (χ1v) is 7.52. The summed E-state index contributed by atoms with van der Waals surface area (Å²) in [6, 6.07) is 15.0. The molecule has 0 saturated carbocycles. The summed E-state index contributed by atoms with van der Waals surface area (Å²) in [6.45, 7) is 1.30. The first-order valence-electron chi connectivity index (χ1n) is 7.52. The van der Waals surface area contributed by atoms with E-state index in [2.05, 4.69) is 29.6 Å². The topological polar surface area (TPSA) is 21.3 Å². The summed E-state index contributed by atoms with van der Waals surface area (Å²) in [5.41, 5.74) is 3.53. The van der Waals surface area contributed by atoms with Crippen molar-refractivity contribution >= 4 is 5.69 Å². The molecule has 1 unspecified atom stereocenters. The minimum Gasteiger partial charge on any atom is -0.383 e. The molecular formula is C18H20FNO. The van der Waals surface area contributed by atoms with Crippen LogP contribution < -0.4 is 5.32 Å². The lowest BCUT2D eigenvalue weighted by molar-refractivity contribution is 0.0477. The highest BCUT2D eigenvalue weighted by molar-refractivity contribution is 5.42. The first kappa shape index (κ1) is 14.1. The van der Waals surface area contributed by atoms with Gasteiger partial charge in [-0.1, -0.05) is 30.3 Å². The summed E-state index contributed by atoms with van der Waals surface area (Å²) in [6.07, 6.45) is 3.61. The van der Waals surface area contributed by atoms with Gasteiger partial charge in [0.15, 0.2) is 0 Å². The van der Waals surface area contributed by atoms with Gasteiger partial charge in [-0.05, 0) is 48.6 Å². The molecule has 0 heterocycles. The highest BCUT2D eigenvalue weighted by Crippen LogP contribution is 2.32.